The Bertz CT molecular complexity index is 1130. The summed E-state index contributed by atoms with van der Waals surface area (Å²) >= 11 is 0. The van der Waals surface area contributed by atoms with Crippen LogP contribution in [0.5, 0.6) is 0 Å². The number of nitrogens with one attached hydrogen (secondary N) is 1. The van der Waals surface area contributed by atoms with Crippen molar-refractivity contribution in [3.8, 4) is 11.1 Å². The summed E-state index contributed by atoms with van der Waals surface area (Å²) in [5.74, 6) is -0.873. The number of amides is 2. The van der Waals surface area contributed by atoms with Gasteiger partial charge in [-0.2, -0.15) is 0 Å². The Kier molecular flexibility index (Phi) is 5.31. The maximum atomic E-state index is 13.1. The smallest absolute Gasteiger partial charge is 0.407 e. The molecule has 182 valence electrons. The molecule has 2 atom stereocenters. The molecule has 0 aromatic heterocycles. The summed E-state index contributed by atoms with van der Waals surface area (Å²) in [5.41, 5.74) is 4.12. The van der Waals surface area contributed by atoms with Crippen molar-refractivity contribution in [3.05, 3.63) is 59.7 Å². The van der Waals surface area contributed by atoms with Crippen LogP contribution in [-0.2, 0) is 14.3 Å². The molecule has 0 spiro atoms. The number of carbonyl (C=O) groups excluding carboxylic acids is 2. The van der Waals surface area contributed by atoms with Crippen LogP contribution in [0, 0.1) is 17.8 Å². The molecule has 6 rings (SSSR count). The maximum absolute atomic E-state index is 13.1. The van der Waals surface area contributed by atoms with Gasteiger partial charge in [-0.3, -0.25) is 9.59 Å². The van der Waals surface area contributed by atoms with Crippen LogP contribution in [0.25, 0.3) is 11.1 Å². The average molecular weight is 475 g/mol. The number of hydrogen-bond acceptors (Lipinski definition) is 4. The van der Waals surface area contributed by atoms with Gasteiger partial charge in [0.1, 0.15) is 6.61 Å². The Morgan fingerprint density at radius 3 is 2.09 bits per heavy atom. The summed E-state index contributed by atoms with van der Waals surface area (Å²) in [6.45, 7) is 1.28. The van der Waals surface area contributed by atoms with E-state index in [0.29, 0.717) is 13.1 Å². The lowest BCUT2D eigenvalue weighted by molar-refractivity contribution is -0.141. The molecule has 2 saturated carbocycles. The SMILES string of the molecule is O=C(NC1(CC(=O)N2CC3C(C2)C3C(=O)O)CCCC1)OCC1c2ccccc2-c2ccccc21. The quantitative estimate of drug-likeness (QED) is 0.659. The van der Waals surface area contributed by atoms with E-state index in [-0.39, 0.29) is 42.6 Å². The molecule has 3 aliphatic carbocycles. The molecule has 0 bridgehead atoms. The molecule has 7 nitrogen and oxygen atoms in total. The highest BCUT2D eigenvalue weighted by Gasteiger charge is 2.60. The van der Waals surface area contributed by atoms with Crippen molar-refractivity contribution in [3.63, 3.8) is 0 Å². The first-order valence-electron chi connectivity index (χ1n) is 12.6. The van der Waals surface area contributed by atoms with Gasteiger partial charge < -0.3 is 20.1 Å². The standard InChI is InChI=1S/C28H30N2O5/c31-24(30-14-21-22(15-30)25(21)26(32)33)13-28(11-5-6-12-28)29-27(34)35-16-23-19-9-3-1-7-17(19)18-8-2-4-10-20(18)23/h1-4,7-10,21-23,25H,5-6,11-16H2,(H,29,34)(H,32,33). The van der Waals surface area contributed by atoms with Gasteiger partial charge in [0.05, 0.1) is 17.9 Å². The molecular formula is C28H30N2O5. The molecule has 1 aliphatic heterocycles. The Balaban J connectivity index is 1.09. The Morgan fingerprint density at radius 1 is 0.943 bits per heavy atom. The van der Waals surface area contributed by atoms with Gasteiger partial charge in [-0.15, -0.1) is 0 Å². The number of nitrogens with zero attached hydrogens (tertiary/aromatic N) is 1. The fourth-order valence-corrected chi connectivity index (χ4v) is 6.75. The zero-order valence-corrected chi connectivity index (χ0v) is 19.6. The van der Waals surface area contributed by atoms with Gasteiger partial charge in [-0.25, -0.2) is 4.79 Å². The first-order valence-corrected chi connectivity index (χ1v) is 12.6. The van der Waals surface area contributed by atoms with Crippen LogP contribution in [0.15, 0.2) is 48.5 Å². The molecule has 3 fully saturated rings. The molecule has 2 aromatic carbocycles. The highest BCUT2D eigenvalue weighted by Crippen LogP contribution is 2.52. The number of likely N-dealkylation sites (tertiary alicyclic amines) is 1. The molecule has 0 radical (unpaired) electrons. The van der Waals surface area contributed by atoms with E-state index < -0.39 is 17.6 Å². The van der Waals surface area contributed by atoms with Crippen molar-refractivity contribution >= 4 is 18.0 Å². The first kappa shape index (κ1) is 22.1. The molecule has 2 N–H and O–H groups in total. The van der Waals surface area contributed by atoms with E-state index in [1.807, 2.05) is 24.3 Å². The van der Waals surface area contributed by atoms with Gasteiger partial charge in [-0.1, -0.05) is 61.4 Å². The van der Waals surface area contributed by atoms with Crippen molar-refractivity contribution in [2.24, 2.45) is 17.8 Å². The van der Waals surface area contributed by atoms with E-state index in [9.17, 15) is 19.5 Å². The number of aliphatic carboxylic acids is 1. The highest BCUT2D eigenvalue weighted by atomic mass is 16.5. The Labute approximate surface area is 204 Å². The third-order valence-electron chi connectivity index (χ3n) is 8.59. The van der Waals surface area contributed by atoms with E-state index in [1.54, 1.807) is 4.90 Å². The summed E-state index contributed by atoms with van der Waals surface area (Å²) in [7, 11) is 0. The lowest BCUT2D eigenvalue weighted by Gasteiger charge is -2.32. The van der Waals surface area contributed by atoms with Gasteiger partial charge in [0.2, 0.25) is 5.91 Å². The van der Waals surface area contributed by atoms with E-state index in [0.717, 1.165) is 25.7 Å². The minimum Gasteiger partial charge on any atom is -0.481 e. The Morgan fingerprint density at radius 2 is 1.51 bits per heavy atom. The second kappa shape index (κ2) is 8.40. The maximum Gasteiger partial charge on any atom is 0.407 e. The van der Waals surface area contributed by atoms with E-state index in [2.05, 4.69) is 29.6 Å². The van der Waals surface area contributed by atoms with Crippen LogP contribution >= 0.6 is 0 Å². The van der Waals surface area contributed by atoms with Gasteiger partial charge in [0, 0.05) is 19.0 Å². The van der Waals surface area contributed by atoms with Crippen molar-refractivity contribution in [2.75, 3.05) is 19.7 Å². The molecule has 1 heterocycles. The van der Waals surface area contributed by atoms with Crippen LogP contribution < -0.4 is 5.32 Å². The van der Waals surface area contributed by atoms with Crippen LogP contribution in [0.2, 0.25) is 0 Å². The molecule has 2 aromatic rings. The van der Waals surface area contributed by atoms with Crippen molar-refractivity contribution in [2.45, 2.75) is 43.6 Å². The second-order valence-corrected chi connectivity index (χ2v) is 10.6. The normalized spacial score (nSPS) is 25.5. The third kappa shape index (κ3) is 3.87. The van der Waals surface area contributed by atoms with Gasteiger partial charge in [-0.05, 0) is 46.9 Å². The summed E-state index contributed by atoms with van der Waals surface area (Å²) < 4.78 is 5.76. The summed E-state index contributed by atoms with van der Waals surface area (Å²) in [5, 5.41) is 12.3. The molecule has 7 heteroatoms. The number of ether oxygens (including phenoxy) is 1. The van der Waals surface area contributed by atoms with Crippen LogP contribution in [0.4, 0.5) is 4.79 Å². The molecule has 35 heavy (non-hydrogen) atoms. The number of alkyl carbamates (subject to hydrolysis) is 1. The van der Waals surface area contributed by atoms with E-state index >= 15 is 0 Å². The minimum atomic E-state index is -0.753. The van der Waals surface area contributed by atoms with Crippen LogP contribution in [0.3, 0.4) is 0 Å². The highest BCUT2D eigenvalue weighted by molar-refractivity contribution is 5.82. The first-order chi connectivity index (χ1) is 17.0. The third-order valence-corrected chi connectivity index (χ3v) is 8.59. The fraction of sp³-hybridized carbons (Fsp3) is 0.464. The van der Waals surface area contributed by atoms with Crippen molar-refractivity contribution in [1.29, 1.82) is 0 Å². The number of piperidine rings is 1. The zero-order chi connectivity index (χ0) is 24.2. The number of carbonyl (C=O) groups is 3. The molecule has 1 saturated heterocycles. The monoisotopic (exact) mass is 474 g/mol. The van der Waals surface area contributed by atoms with Gasteiger partial charge in [0.15, 0.2) is 0 Å². The van der Waals surface area contributed by atoms with Crippen molar-refractivity contribution < 1.29 is 24.2 Å². The van der Waals surface area contributed by atoms with Crippen LogP contribution in [0.1, 0.15) is 49.1 Å². The predicted molar refractivity (Wildman–Crippen MR) is 129 cm³/mol. The molecule has 4 aliphatic rings. The number of fused-ring (bicyclic) bond motifs is 4. The largest absolute Gasteiger partial charge is 0.481 e. The summed E-state index contributed by atoms with van der Waals surface area (Å²) in [6, 6.07) is 16.5. The zero-order valence-electron chi connectivity index (χ0n) is 19.6. The van der Waals surface area contributed by atoms with Gasteiger partial charge >= 0.3 is 12.1 Å². The number of rotatable bonds is 6. The fourth-order valence-electron chi connectivity index (χ4n) is 6.75. The molecule has 2 amide bonds. The van der Waals surface area contributed by atoms with Crippen molar-refractivity contribution in [1.82, 2.24) is 10.2 Å². The molecular weight excluding hydrogens is 444 g/mol. The van der Waals surface area contributed by atoms with Gasteiger partial charge in [0.25, 0.3) is 0 Å². The lowest BCUT2D eigenvalue weighted by Crippen LogP contribution is -2.50. The number of carboxylic acid groups (broad SMARTS) is 1. The van der Waals surface area contributed by atoms with E-state index in [4.69, 9.17) is 4.74 Å². The van der Waals surface area contributed by atoms with Crippen LogP contribution in [-0.4, -0.2) is 53.2 Å². The lowest BCUT2D eigenvalue weighted by atomic mass is 9.92. The van der Waals surface area contributed by atoms with E-state index in [1.165, 1.54) is 22.3 Å². The summed E-state index contributed by atoms with van der Waals surface area (Å²) in [4.78, 5) is 39.0. The number of benzene rings is 2. The number of carboxylic acids is 1. The second-order valence-electron chi connectivity index (χ2n) is 10.6. The predicted octanol–water partition coefficient (Wildman–Crippen LogP) is 4.02. The average Bonchev–Trinajstić information content (AvgIpc) is 3.19. The minimum absolute atomic E-state index is 0.00202. The summed E-state index contributed by atoms with van der Waals surface area (Å²) in [6.07, 6.45) is 3.20. The topological polar surface area (TPSA) is 95.9 Å². The number of hydrogen-bond donors (Lipinski definition) is 2. The molecule has 2 unspecified atom stereocenters. The Hall–Kier alpha value is -3.35.